The third-order valence-electron chi connectivity index (χ3n) is 3.75. The summed E-state index contributed by atoms with van der Waals surface area (Å²) in [6.07, 6.45) is 0.782. The van der Waals surface area contributed by atoms with Gasteiger partial charge in [-0.15, -0.1) is 0 Å². The lowest BCUT2D eigenvalue weighted by Gasteiger charge is -2.14. The van der Waals surface area contributed by atoms with E-state index in [1.807, 2.05) is 55.6 Å². The number of nitrogens with one attached hydrogen (secondary N) is 2. The second-order valence-corrected chi connectivity index (χ2v) is 6.33. The maximum atomic E-state index is 12.0. The van der Waals surface area contributed by atoms with Crippen molar-refractivity contribution in [3.8, 4) is 5.75 Å². The minimum atomic E-state index is 0.0584. The van der Waals surface area contributed by atoms with E-state index in [1.54, 1.807) is 7.11 Å². The predicted molar refractivity (Wildman–Crippen MR) is 96.6 cm³/mol. The van der Waals surface area contributed by atoms with Gasteiger partial charge in [-0.05, 0) is 48.4 Å². The van der Waals surface area contributed by atoms with Crippen molar-refractivity contribution in [2.45, 2.75) is 13.0 Å². The molecule has 0 heterocycles. The SMILES string of the molecule is COc1ccc(C[NH+](C)CC(=O)NCCc2cccc(Cl)c2)cc1. The molecule has 2 N–H and O–H groups in total. The van der Waals surface area contributed by atoms with Crippen LogP contribution in [0.4, 0.5) is 0 Å². The van der Waals surface area contributed by atoms with Gasteiger partial charge in [0.1, 0.15) is 12.3 Å². The Morgan fingerprint density at radius 2 is 1.92 bits per heavy atom. The first-order valence-electron chi connectivity index (χ1n) is 8.02. The Morgan fingerprint density at radius 1 is 1.17 bits per heavy atom. The molecule has 0 aliphatic carbocycles. The van der Waals surface area contributed by atoms with E-state index in [-0.39, 0.29) is 5.91 Å². The normalized spacial score (nSPS) is 11.8. The fourth-order valence-electron chi connectivity index (χ4n) is 2.53. The van der Waals surface area contributed by atoms with Gasteiger partial charge in [-0.1, -0.05) is 23.7 Å². The Bertz CT molecular complexity index is 659. The average Bonchev–Trinajstić information content (AvgIpc) is 2.55. The average molecular weight is 348 g/mol. The van der Waals surface area contributed by atoms with Crippen LogP contribution < -0.4 is 15.0 Å². The van der Waals surface area contributed by atoms with Crippen LogP contribution in [0.3, 0.4) is 0 Å². The van der Waals surface area contributed by atoms with Gasteiger partial charge in [0.05, 0.1) is 14.2 Å². The number of hydrogen-bond acceptors (Lipinski definition) is 2. The largest absolute Gasteiger partial charge is 0.497 e. The van der Waals surface area contributed by atoms with Gasteiger partial charge in [-0.25, -0.2) is 0 Å². The van der Waals surface area contributed by atoms with Crippen LogP contribution in [0.5, 0.6) is 5.75 Å². The summed E-state index contributed by atoms with van der Waals surface area (Å²) in [5.74, 6) is 0.901. The highest BCUT2D eigenvalue weighted by molar-refractivity contribution is 6.30. The summed E-state index contributed by atoms with van der Waals surface area (Å²) in [6, 6.07) is 15.6. The van der Waals surface area contributed by atoms with Crippen LogP contribution in [0.1, 0.15) is 11.1 Å². The molecule has 0 bridgehead atoms. The van der Waals surface area contributed by atoms with Crippen LogP contribution >= 0.6 is 11.6 Å². The maximum absolute atomic E-state index is 12.0. The number of quaternary nitrogens is 1. The quantitative estimate of drug-likeness (QED) is 0.763. The van der Waals surface area contributed by atoms with Gasteiger partial charge in [0, 0.05) is 17.1 Å². The standard InChI is InChI=1S/C19H23ClN2O2/c1-22(13-16-6-8-18(24-2)9-7-16)14-19(23)21-11-10-15-4-3-5-17(20)12-15/h3-9,12H,10-11,13-14H2,1-2H3,(H,21,23)/p+1. The van der Waals surface area contributed by atoms with Crippen LogP contribution in [0.15, 0.2) is 48.5 Å². The molecule has 0 fully saturated rings. The summed E-state index contributed by atoms with van der Waals surface area (Å²) in [7, 11) is 3.67. The zero-order valence-corrected chi connectivity index (χ0v) is 14.9. The van der Waals surface area contributed by atoms with Crippen LogP contribution in [-0.4, -0.2) is 33.2 Å². The Morgan fingerprint density at radius 3 is 2.58 bits per heavy atom. The maximum Gasteiger partial charge on any atom is 0.275 e. The van der Waals surface area contributed by atoms with Crippen molar-refractivity contribution in [2.75, 3.05) is 27.2 Å². The Hall–Kier alpha value is -2.04. The lowest BCUT2D eigenvalue weighted by Crippen LogP contribution is -3.08. The Kier molecular flexibility index (Phi) is 7.09. The summed E-state index contributed by atoms with van der Waals surface area (Å²) >= 11 is 5.95. The molecule has 1 amide bonds. The molecule has 0 aliphatic heterocycles. The monoisotopic (exact) mass is 347 g/mol. The fourth-order valence-corrected chi connectivity index (χ4v) is 2.74. The zero-order chi connectivity index (χ0) is 17.4. The highest BCUT2D eigenvalue weighted by Gasteiger charge is 2.10. The molecular formula is C19H24ClN2O2+. The number of carbonyl (C=O) groups excluding carboxylic acids is 1. The molecule has 0 saturated carbocycles. The number of halogens is 1. The predicted octanol–water partition coefficient (Wildman–Crippen LogP) is 1.72. The highest BCUT2D eigenvalue weighted by Crippen LogP contribution is 2.11. The number of carbonyl (C=O) groups is 1. The number of likely N-dealkylation sites (N-methyl/N-ethyl adjacent to an activating group) is 1. The molecule has 5 heteroatoms. The van der Waals surface area contributed by atoms with Gasteiger partial charge in [0.25, 0.3) is 5.91 Å². The molecule has 2 aromatic carbocycles. The summed E-state index contributed by atoms with van der Waals surface area (Å²) < 4.78 is 5.15. The summed E-state index contributed by atoms with van der Waals surface area (Å²) in [5.41, 5.74) is 2.31. The lowest BCUT2D eigenvalue weighted by atomic mass is 10.1. The van der Waals surface area contributed by atoms with Crippen molar-refractivity contribution in [3.05, 3.63) is 64.7 Å². The first-order chi connectivity index (χ1) is 11.6. The van der Waals surface area contributed by atoms with Crippen molar-refractivity contribution in [1.29, 1.82) is 0 Å². The van der Waals surface area contributed by atoms with Crippen molar-refractivity contribution in [2.24, 2.45) is 0 Å². The highest BCUT2D eigenvalue weighted by atomic mass is 35.5. The Balaban J connectivity index is 1.71. The van der Waals surface area contributed by atoms with E-state index in [1.165, 1.54) is 5.56 Å². The second-order valence-electron chi connectivity index (χ2n) is 5.89. The van der Waals surface area contributed by atoms with Crippen LogP contribution in [-0.2, 0) is 17.8 Å². The third-order valence-corrected chi connectivity index (χ3v) is 3.99. The Labute approximate surface area is 148 Å². The van der Waals surface area contributed by atoms with Crippen molar-refractivity contribution in [1.82, 2.24) is 5.32 Å². The number of amides is 1. The molecule has 0 aromatic heterocycles. The van der Waals surface area contributed by atoms with E-state index in [4.69, 9.17) is 16.3 Å². The van der Waals surface area contributed by atoms with Gasteiger partial charge in [0.15, 0.2) is 6.54 Å². The summed E-state index contributed by atoms with van der Waals surface area (Å²) in [5, 5.41) is 3.69. The van der Waals surface area contributed by atoms with E-state index >= 15 is 0 Å². The molecule has 24 heavy (non-hydrogen) atoms. The van der Waals surface area contributed by atoms with Crippen molar-refractivity contribution >= 4 is 17.5 Å². The first kappa shape index (κ1) is 18.3. The second kappa shape index (κ2) is 9.30. The molecule has 128 valence electrons. The number of ether oxygens (including phenoxy) is 1. The van der Waals surface area contributed by atoms with E-state index < -0.39 is 0 Å². The van der Waals surface area contributed by atoms with E-state index in [9.17, 15) is 4.79 Å². The molecule has 2 rings (SSSR count). The zero-order valence-electron chi connectivity index (χ0n) is 14.1. The van der Waals surface area contributed by atoms with Crippen LogP contribution in [0.25, 0.3) is 0 Å². The number of benzene rings is 2. The van der Waals surface area contributed by atoms with Crippen LogP contribution in [0.2, 0.25) is 5.02 Å². The topological polar surface area (TPSA) is 42.8 Å². The van der Waals surface area contributed by atoms with Gasteiger partial charge < -0.3 is 15.0 Å². The minimum absolute atomic E-state index is 0.0584. The molecule has 0 spiro atoms. The molecular weight excluding hydrogens is 324 g/mol. The van der Waals surface area contributed by atoms with Gasteiger partial charge >= 0.3 is 0 Å². The molecule has 1 atom stereocenters. The van der Waals surface area contributed by atoms with Gasteiger partial charge in [-0.2, -0.15) is 0 Å². The molecule has 0 aliphatic rings. The summed E-state index contributed by atoms with van der Waals surface area (Å²) in [4.78, 5) is 13.2. The smallest absolute Gasteiger partial charge is 0.275 e. The fraction of sp³-hybridized carbons (Fsp3) is 0.316. The molecule has 1 unspecified atom stereocenters. The molecule has 2 aromatic rings. The van der Waals surface area contributed by atoms with Gasteiger partial charge in [0.2, 0.25) is 0 Å². The van der Waals surface area contributed by atoms with E-state index in [0.29, 0.717) is 13.1 Å². The molecule has 0 radical (unpaired) electrons. The van der Waals surface area contributed by atoms with Gasteiger partial charge in [-0.3, -0.25) is 4.79 Å². The third kappa shape index (κ3) is 6.22. The number of rotatable bonds is 8. The molecule has 0 saturated heterocycles. The number of methoxy groups -OCH3 is 1. The number of hydrogen-bond donors (Lipinski definition) is 2. The summed E-state index contributed by atoms with van der Waals surface area (Å²) in [6.45, 7) is 1.86. The van der Waals surface area contributed by atoms with Crippen molar-refractivity contribution in [3.63, 3.8) is 0 Å². The van der Waals surface area contributed by atoms with E-state index in [0.717, 1.165) is 34.2 Å². The first-order valence-corrected chi connectivity index (χ1v) is 8.40. The minimum Gasteiger partial charge on any atom is -0.497 e. The van der Waals surface area contributed by atoms with Crippen molar-refractivity contribution < 1.29 is 14.4 Å². The van der Waals surface area contributed by atoms with Crippen LogP contribution in [0, 0.1) is 0 Å². The lowest BCUT2D eigenvalue weighted by molar-refractivity contribution is -0.885. The molecule has 4 nitrogen and oxygen atoms in total. The van der Waals surface area contributed by atoms with E-state index in [2.05, 4.69) is 5.32 Å².